The number of nitrogens with two attached hydrogens (primary N) is 1. The Labute approximate surface area is 55.3 Å². The topological polar surface area (TPSA) is 50.1 Å². The SMILES string of the molecule is CNC1=C(N)CNCC1. The van der Waals surface area contributed by atoms with Gasteiger partial charge < -0.3 is 16.4 Å². The van der Waals surface area contributed by atoms with Crippen molar-refractivity contribution in [2.24, 2.45) is 5.73 Å². The standard InChI is InChI=1S/C6H13N3/c1-8-6-2-3-9-4-5(6)7/h8-9H,2-4,7H2,1H3. The van der Waals surface area contributed by atoms with E-state index in [2.05, 4.69) is 10.6 Å². The van der Waals surface area contributed by atoms with E-state index in [4.69, 9.17) is 5.73 Å². The van der Waals surface area contributed by atoms with Gasteiger partial charge in [-0.15, -0.1) is 0 Å². The van der Waals surface area contributed by atoms with Crippen molar-refractivity contribution in [1.82, 2.24) is 10.6 Å². The molecule has 0 aliphatic carbocycles. The highest BCUT2D eigenvalue weighted by Gasteiger charge is 2.05. The van der Waals surface area contributed by atoms with Crippen LogP contribution < -0.4 is 16.4 Å². The third-order valence-corrected chi connectivity index (χ3v) is 1.56. The summed E-state index contributed by atoms with van der Waals surface area (Å²) in [7, 11) is 1.91. The summed E-state index contributed by atoms with van der Waals surface area (Å²) < 4.78 is 0. The van der Waals surface area contributed by atoms with Crippen molar-refractivity contribution in [3.8, 4) is 0 Å². The van der Waals surface area contributed by atoms with Gasteiger partial charge in [0.05, 0.1) is 0 Å². The average molecular weight is 127 g/mol. The van der Waals surface area contributed by atoms with E-state index < -0.39 is 0 Å². The normalized spacial score (nSPS) is 20.1. The summed E-state index contributed by atoms with van der Waals surface area (Å²) in [6.45, 7) is 1.87. The second-order valence-electron chi connectivity index (χ2n) is 2.18. The molecule has 4 N–H and O–H groups in total. The van der Waals surface area contributed by atoms with Crippen LogP contribution in [0.1, 0.15) is 6.42 Å². The van der Waals surface area contributed by atoms with E-state index in [1.54, 1.807) is 0 Å². The first-order valence-electron chi connectivity index (χ1n) is 3.20. The van der Waals surface area contributed by atoms with Crippen LogP contribution in [-0.4, -0.2) is 20.1 Å². The first-order chi connectivity index (χ1) is 4.34. The molecule has 0 atom stereocenters. The molecule has 0 unspecified atom stereocenters. The number of hydrogen-bond donors (Lipinski definition) is 3. The van der Waals surface area contributed by atoms with E-state index in [9.17, 15) is 0 Å². The van der Waals surface area contributed by atoms with Crippen LogP contribution in [0.25, 0.3) is 0 Å². The monoisotopic (exact) mass is 127 g/mol. The van der Waals surface area contributed by atoms with Crippen LogP contribution in [0.3, 0.4) is 0 Å². The molecule has 0 aromatic rings. The summed E-state index contributed by atoms with van der Waals surface area (Å²) in [5.74, 6) is 0. The van der Waals surface area contributed by atoms with Gasteiger partial charge in [-0.2, -0.15) is 0 Å². The highest BCUT2D eigenvalue weighted by molar-refractivity contribution is 5.13. The molecule has 1 aliphatic rings. The number of hydrogen-bond acceptors (Lipinski definition) is 3. The molecule has 3 heteroatoms. The van der Waals surface area contributed by atoms with E-state index in [1.165, 1.54) is 5.70 Å². The Morgan fingerprint density at radius 2 is 2.44 bits per heavy atom. The fourth-order valence-corrected chi connectivity index (χ4v) is 0.989. The van der Waals surface area contributed by atoms with Gasteiger partial charge >= 0.3 is 0 Å². The minimum Gasteiger partial charge on any atom is -0.400 e. The van der Waals surface area contributed by atoms with Gasteiger partial charge in [0.2, 0.25) is 0 Å². The Hall–Kier alpha value is -0.700. The van der Waals surface area contributed by atoms with Gasteiger partial charge in [-0.3, -0.25) is 0 Å². The minimum absolute atomic E-state index is 0.830. The molecule has 0 aromatic carbocycles. The average Bonchev–Trinajstić information content (AvgIpc) is 1.89. The van der Waals surface area contributed by atoms with Gasteiger partial charge in [0, 0.05) is 38.0 Å². The van der Waals surface area contributed by atoms with Crippen LogP contribution >= 0.6 is 0 Å². The predicted octanol–water partition coefficient (Wildman–Crippen LogP) is -0.631. The predicted molar refractivity (Wildman–Crippen MR) is 37.8 cm³/mol. The Balaban J connectivity index is 2.59. The Morgan fingerprint density at radius 3 is 2.89 bits per heavy atom. The van der Waals surface area contributed by atoms with Crippen molar-refractivity contribution < 1.29 is 0 Å². The maximum atomic E-state index is 5.64. The minimum atomic E-state index is 0.830. The molecular formula is C6H13N3. The van der Waals surface area contributed by atoms with Gasteiger partial charge in [-0.05, 0) is 0 Å². The molecule has 0 amide bonds. The third kappa shape index (κ3) is 1.36. The van der Waals surface area contributed by atoms with Crippen LogP contribution in [-0.2, 0) is 0 Å². The maximum absolute atomic E-state index is 5.64. The van der Waals surface area contributed by atoms with Crippen molar-refractivity contribution in [3.63, 3.8) is 0 Å². The van der Waals surface area contributed by atoms with Crippen molar-refractivity contribution in [1.29, 1.82) is 0 Å². The van der Waals surface area contributed by atoms with Gasteiger partial charge in [0.15, 0.2) is 0 Å². The summed E-state index contributed by atoms with van der Waals surface area (Å²) in [6, 6.07) is 0. The second kappa shape index (κ2) is 2.73. The largest absolute Gasteiger partial charge is 0.400 e. The van der Waals surface area contributed by atoms with Gasteiger partial charge in [0.1, 0.15) is 0 Å². The molecule has 0 fully saturated rings. The summed E-state index contributed by atoms with van der Waals surface area (Å²) in [5.41, 5.74) is 7.78. The molecule has 0 saturated heterocycles. The van der Waals surface area contributed by atoms with E-state index >= 15 is 0 Å². The zero-order valence-electron chi connectivity index (χ0n) is 5.70. The van der Waals surface area contributed by atoms with Crippen LogP contribution in [0.2, 0.25) is 0 Å². The molecule has 1 heterocycles. The lowest BCUT2D eigenvalue weighted by atomic mass is 10.2. The Kier molecular flexibility index (Phi) is 1.95. The Morgan fingerprint density at radius 1 is 1.67 bits per heavy atom. The van der Waals surface area contributed by atoms with Gasteiger partial charge in [-0.1, -0.05) is 0 Å². The lowest BCUT2D eigenvalue weighted by Crippen LogP contribution is -2.32. The quantitative estimate of drug-likeness (QED) is 0.439. The number of rotatable bonds is 1. The number of nitrogens with one attached hydrogen (secondary N) is 2. The van der Waals surface area contributed by atoms with Crippen molar-refractivity contribution in [2.75, 3.05) is 20.1 Å². The van der Waals surface area contributed by atoms with Crippen LogP contribution in [0, 0.1) is 0 Å². The summed E-state index contributed by atoms with van der Waals surface area (Å²) >= 11 is 0. The highest BCUT2D eigenvalue weighted by atomic mass is 15.0. The molecule has 1 rings (SSSR count). The van der Waals surface area contributed by atoms with Crippen molar-refractivity contribution in [3.05, 3.63) is 11.4 Å². The van der Waals surface area contributed by atoms with E-state index in [-0.39, 0.29) is 0 Å². The molecule has 0 bridgehead atoms. The molecule has 1 aliphatic heterocycles. The molecular weight excluding hydrogens is 114 g/mol. The van der Waals surface area contributed by atoms with Crippen molar-refractivity contribution in [2.45, 2.75) is 6.42 Å². The molecule has 3 nitrogen and oxygen atoms in total. The molecule has 0 aromatic heterocycles. The second-order valence-corrected chi connectivity index (χ2v) is 2.18. The highest BCUT2D eigenvalue weighted by Crippen LogP contribution is 2.02. The first kappa shape index (κ1) is 6.42. The molecule has 52 valence electrons. The van der Waals surface area contributed by atoms with Crippen LogP contribution in [0.15, 0.2) is 11.4 Å². The molecule has 0 saturated carbocycles. The summed E-state index contributed by atoms with van der Waals surface area (Å²) in [4.78, 5) is 0. The van der Waals surface area contributed by atoms with E-state index in [0.29, 0.717) is 0 Å². The smallest absolute Gasteiger partial charge is 0.0414 e. The summed E-state index contributed by atoms with van der Waals surface area (Å²) in [5, 5.41) is 6.24. The van der Waals surface area contributed by atoms with E-state index in [0.717, 1.165) is 25.2 Å². The van der Waals surface area contributed by atoms with Gasteiger partial charge in [-0.25, -0.2) is 0 Å². The maximum Gasteiger partial charge on any atom is 0.0414 e. The molecule has 0 spiro atoms. The zero-order valence-corrected chi connectivity index (χ0v) is 5.70. The third-order valence-electron chi connectivity index (χ3n) is 1.56. The summed E-state index contributed by atoms with van der Waals surface area (Å²) in [6.07, 6.45) is 1.03. The van der Waals surface area contributed by atoms with Crippen LogP contribution in [0.5, 0.6) is 0 Å². The fraction of sp³-hybridized carbons (Fsp3) is 0.667. The Bertz CT molecular complexity index is 128. The molecule has 0 radical (unpaired) electrons. The zero-order chi connectivity index (χ0) is 6.69. The first-order valence-corrected chi connectivity index (χ1v) is 3.20. The molecule has 9 heavy (non-hydrogen) atoms. The fourth-order valence-electron chi connectivity index (χ4n) is 0.989. The van der Waals surface area contributed by atoms with Gasteiger partial charge in [0.25, 0.3) is 0 Å². The van der Waals surface area contributed by atoms with Crippen LogP contribution in [0.4, 0.5) is 0 Å². The van der Waals surface area contributed by atoms with E-state index in [1.807, 2.05) is 7.05 Å². The van der Waals surface area contributed by atoms with Crippen molar-refractivity contribution >= 4 is 0 Å². The lowest BCUT2D eigenvalue weighted by Gasteiger charge is -2.17. The lowest BCUT2D eigenvalue weighted by molar-refractivity contribution is 0.641.